The highest BCUT2D eigenvalue weighted by Gasteiger charge is 2.19. The second-order valence-corrected chi connectivity index (χ2v) is 11.3. The molecule has 0 bridgehead atoms. The normalized spacial score (nSPS) is 17.8. The molecule has 1 aliphatic carbocycles. The van der Waals surface area contributed by atoms with E-state index in [1.165, 1.54) is 76.9 Å². The van der Waals surface area contributed by atoms with E-state index < -0.39 is 8.32 Å². The van der Waals surface area contributed by atoms with Gasteiger partial charge >= 0.3 is 0 Å². The van der Waals surface area contributed by atoms with Crippen molar-refractivity contribution < 1.29 is 4.43 Å². The molecule has 19 heavy (non-hydrogen) atoms. The fourth-order valence-corrected chi connectivity index (χ4v) is 4.26. The maximum atomic E-state index is 5.58. The Morgan fingerprint density at radius 1 is 1.00 bits per heavy atom. The van der Waals surface area contributed by atoms with Gasteiger partial charge in [0.05, 0.1) is 0 Å². The van der Waals surface area contributed by atoms with Gasteiger partial charge in [-0.25, -0.2) is 0 Å². The molecule has 0 aromatic carbocycles. The van der Waals surface area contributed by atoms with E-state index in [9.17, 15) is 0 Å². The number of hydrogen-bond acceptors (Lipinski definition) is 2. The summed E-state index contributed by atoms with van der Waals surface area (Å²) in [6.45, 7) is 7.13. The Bertz CT molecular complexity index is 215. The average Bonchev–Trinajstić information content (AvgIpc) is 2.43. The molecular weight excluding hydrogens is 250 g/mol. The van der Waals surface area contributed by atoms with Gasteiger partial charge in [0, 0.05) is 7.11 Å². The Morgan fingerprint density at radius 3 is 2.37 bits per heavy atom. The second kappa shape index (κ2) is 9.95. The van der Waals surface area contributed by atoms with E-state index in [1.54, 1.807) is 0 Å². The van der Waals surface area contributed by atoms with Crippen molar-refractivity contribution in [3.8, 4) is 0 Å². The minimum absolute atomic E-state index is 0.974. The molecule has 0 radical (unpaired) electrons. The first-order chi connectivity index (χ1) is 9.14. The standard InChI is InChI=1S/C16H35NOSi/c1-18-19(2,3)14-10-5-4-9-13-17-15-16-11-7-6-8-12-16/h16-17H,4-15H2,1-3H3. The first-order valence-corrected chi connectivity index (χ1v) is 11.5. The fourth-order valence-electron chi connectivity index (χ4n) is 2.95. The molecule has 2 nitrogen and oxygen atoms in total. The van der Waals surface area contributed by atoms with Crippen LogP contribution in [0.1, 0.15) is 57.8 Å². The largest absolute Gasteiger partial charge is 0.420 e. The van der Waals surface area contributed by atoms with Gasteiger partial charge in [-0.05, 0) is 57.4 Å². The summed E-state index contributed by atoms with van der Waals surface area (Å²) in [6, 6.07) is 1.32. The van der Waals surface area contributed by atoms with Crippen molar-refractivity contribution in [3.63, 3.8) is 0 Å². The molecule has 1 N–H and O–H groups in total. The van der Waals surface area contributed by atoms with E-state index in [4.69, 9.17) is 4.43 Å². The van der Waals surface area contributed by atoms with Crippen molar-refractivity contribution in [2.24, 2.45) is 5.92 Å². The molecule has 0 spiro atoms. The van der Waals surface area contributed by atoms with Crippen LogP contribution in [0.15, 0.2) is 0 Å². The average molecular weight is 286 g/mol. The molecule has 0 aromatic rings. The van der Waals surface area contributed by atoms with E-state index in [1.807, 2.05) is 7.11 Å². The Kier molecular flexibility index (Phi) is 9.00. The van der Waals surface area contributed by atoms with Crippen molar-refractivity contribution in [1.82, 2.24) is 5.32 Å². The lowest BCUT2D eigenvalue weighted by Crippen LogP contribution is -2.28. The summed E-state index contributed by atoms with van der Waals surface area (Å²) >= 11 is 0. The van der Waals surface area contributed by atoms with Gasteiger partial charge in [-0.2, -0.15) is 0 Å². The van der Waals surface area contributed by atoms with Crippen molar-refractivity contribution in [2.75, 3.05) is 20.2 Å². The first kappa shape index (κ1) is 17.2. The summed E-state index contributed by atoms with van der Waals surface area (Å²) in [6.07, 6.45) is 12.8. The molecule has 0 aromatic heterocycles. The third-order valence-corrected chi connectivity index (χ3v) is 7.26. The lowest BCUT2D eigenvalue weighted by molar-refractivity contribution is 0.341. The van der Waals surface area contributed by atoms with Gasteiger partial charge < -0.3 is 9.74 Å². The van der Waals surface area contributed by atoms with E-state index in [2.05, 4.69) is 18.4 Å². The van der Waals surface area contributed by atoms with Crippen LogP contribution >= 0.6 is 0 Å². The van der Waals surface area contributed by atoms with Crippen LogP contribution in [0.4, 0.5) is 0 Å². The summed E-state index contributed by atoms with van der Waals surface area (Å²) in [5.41, 5.74) is 0. The molecule has 0 heterocycles. The third kappa shape index (κ3) is 8.82. The van der Waals surface area contributed by atoms with Crippen LogP contribution in [0.5, 0.6) is 0 Å². The van der Waals surface area contributed by atoms with Crippen LogP contribution in [-0.2, 0) is 4.43 Å². The van der Waals surface area contributed by atoms with Crippen LogP contribution in [-0.4, -0.2) is 28.5 Å². The molecule has 1 saturated carbocycles. The molecule has 114 valence electrons. The fraction of sp³-hybridized carbons (Fsp3) is 1.00. The van der Waals surface area contributed by atoms with Crippen molar-refractivity contribution in [1.29, 1.82) is 0 Å². The summed E-state index contributed by atoms with van der Waals surface area (Å²) in [5.74, 6) is 0.974. The summed E-state index contributed by atoms with van der Waals surface area (Å²) in [5, 5.41) is 3.66. The third-order valence-electron chi connectivity index (χ3n) is 4.59. The van der Waals surface area contributed by atoms with Crippen molar-refractivity contribution >= 4 is 8.32 Å². The topological polar surface area (TPSA) is 21.3 Å². The van der Waals surface area contributed by atoms with Crippen molar-refractivity contribution in [2.45, 2.75) is 76.9 Å². The zero-order valence-electron chi connectivity index (χ0n) is 13.5. The molecule has 1 fully saturated rings. The highest BCUT2D eigenvalue weighted by atomic mass is 28.4. The monoisotopic (exact) mass is 285 g/mol. The van der Waals surface area contributed by atoms with Crippen LogP contribution < -0.4 is 5.32 Å². The van der Waals surface area contributed by atoms with E-state index in [0.29, 0.717) is 0 Å². The zero-order chi connectivity index (χ0) is 14.0. The van der Waals surface area contributed by atoms with Crippen LogP contribution in [0.25, 0.3) is 0 Å². The van der Waals surface area contributed by atoms with E-state index in [0.717, 1.165) is 5.92 Å². The smallest absolute Gasteiger partial charge is 0.186 e. The number of hydrogen-bond donors (Lipinski definition) is 1. The molecular formula is C16H35NOSi. The SMILES string of the molecule is CO[Si](C)(C)CCCCCCNCC1CCCCC1. The van der Waals surface area contributed by atoms with Crippen LogP contribution in [0, 0.1) is 5.92 Å². The first-order valence-electron chi connectivity index (χ1n) is 8.40. The molecule has 1 aliphatic rings. The van der Waals surface area contributed by atoms with Crippen molar-refractivity contribution in [3.05, 3.63) is 0 Å². The summed E-state index contributed by atoms with van der Waals surface area (Å²) in [7, 11) is 0.586. The molecule has 0 unspecified atom stereocenters. The van der Waals surface area contributed by atoms with Gasteiger partial charge in [0.2, 0.25) is 0 Å². The summed E-state index contributed by atoms with van der Waals surface area (Å²) < 4.78 is 5.58. The number of nitrogens with one attached hydrogen (secondary N) is 1. The van der Waals surface area contributed by atoms with Crippen LogP contribution in [0.2, 0.25) is 19.1 Å². The zero-order valence-corrected chi connectivity index (χ0v) is 14.5. The Balaban J connectivity index is 1.83. The lowest BCUT2D eigenvalue weighted by Gasteiger charge is -2.21. The predicted molar refractivity (Wildman–Crippen MR) is 87.2 cm³/mol. The van der Waals surface area contributed by atoms with E-state index in [-0.39, 0.29) is 0 Å². The molecule has 0 saturated heterocycles. The quantitative estimate of drug-likeness (QED) is 0.469. The van der Waals surface area contributed by atoms with E-state index >= 15 is 0 Å². The molecule has 3 heteroatoms. The maximum absolute atomic E-state index is 5.58. The van der Waals surface area contributed by atoms with Gasteiger partial charge in [0.15, 0.2) is 8.32 Å². The highest BCUT2D eigenvalue weighted by molar-refractivity contribution is 6.71. The number of rotatable bonds is 10. The minimum Gasteiger partial charge on any atom is -0.420 e. The van der Waals surface area contributed by atoms with Gasteiger partial charge in [-0.1, -0.05) is 38.5 Å². The molecule has 0 atom stereocenters. The summed E-state index contributed by atoms with van der Waals surface area (Å²) in [4.78, 5) is 0. The molecule has 0 amide bonds. The Morgan fingerprint density at radius 2 is 1.68 bits per heavy atom. The minimum atomic E-state index is -1.29. The molecule has 0 aliphatic heterocycles. The second-order valence-electron chi connectivity index (χ2n) is 6.84. The van der Waals surface area contributed by atoms with Gasteiger partial charge in [0.25, 0.3) is 0 Å². The molecule has 1 rings (SSSR count). The predicted octanol–water partition coefficient (Wildman–Crippen LogP) is 4.57. The Hall–Kier alpha value is 0.137. The highest BCUT2D eigenvalue weighted by Crippen LogP contribution is 2.22. The Labute approximate surface area is 121 Å². The van der Waals surface area contributed by atoms with Crippen LogP contribution in [0.3, 0.4) is 0 Å². The van der Waals surface area contributed by atoms with Gasteiger partial charge in [-0.3, -0.25) is 0 Å². The lowest BCUT2D eigenvalue weighted by atomic mass is 9.89. The maximum Gasteiger partial charge on any atom is 0.186 e. The van der Waals surface area contributed by atoms with Gasteiger partial charge in [-0.15, -0.1) is 0 Å². The number of unbranched alkanes of at least 4 members (excludes halogenated alkanes) is 3. The van der Waals surface area contributed by atoms with Gasteiger partial charge in [0.1, 0.15) is 0 Å².